The summed E-state index contributed by atoms with van der Waals surface area (Å²) in [6.45, 7) is 3.79. The van der Waals surface area contributed by atoms with E-state index < -0.39 is 0 Å². The van der Waals surface area contributed by atoms with Crippen molar-refractivity contribution in [2.75, 3.05) is 20.1 Å². The minimum absolute atomic E-state index is 0.0681. The number of piperidine rings is 1. The van der Waals surface area contributed by atoms with Gasteiger partial charge < -0.3 is 10.2 Å². The van der Waals surface area contributed by atoms with Crippen molar-refractivity contribution in [3.8, 4) is 0 Å². The number of benzene rings is 1. The molecule has 1 aliphatic rings. The molecule has 1 heterocycles. The van der Waals surface area contributed by atoms with E-state index in [0.29, 0.717) is 18.9 Å². The Hall–Kier alpha value is -1.68. The molecule has 1 amide bonds. The lowest BCUT2D eigenvalue weighted by atomic mass is 10.0. The van der Waals surface area contributed by atoms with Crippen LogP contribution in [0.2, 0.25) is 0 Å². The summed E-state index contributed by atoms with van der Waals surface area (Å²) in [4.78, 5) is 26.5. The molecule has 4 nitrogen and oxygen atoms in total. The summed E-state index contributed by atoms with van der Waals surface area (Å²) in [5.74, 6) is 0.178. The predicted molar refractivity (Wildman–Crippen MR) is 102 cm³/mol. The molecular weight excluding hydrogens is 312 g/mol. The number of hydrogen-bond donors (Lipinski definition) is 1. The van der Waals surface area contributed by atoms with E-state index in [9.17, 15) is 9.59 Å². The van der Waals surface area contributed by atoms with Gasteiger partial charge in [-0.25, -0.2) is 0 Å². The zero-order valence-corrected chi connectivity index (χ0v) is 15.7. The zero-order chi connectivity index (χ0) is 18.1. The summed E-state index contributed by atoms with van der Waals surface area (Å²) >= 11 is 0. The number of aryl methyl sites for hydroxylation is 1. The fourth-order valence-corrected chi connectivity index (χ4v) is 3.38. The number of carbonyl (C=O) groups is 2. The van der Waals surface area contributed by atoms with Gasteiger partial charge in [-0.05, 0) is 38.3 Å². The third kappa shape index (κ3) is 6.28. The van der Waals surface area contributed by atoms with Gasteiger partial charge in [0, 0.05) is 37.5 Å². The van der Waals surface area contributed by atoms with Gasteiger partial charge in [-0.3, -0.25) is 9.59 Å². The van der Waals surface area contributed by atoms with Gasteiger partial charge in [0.15, 0.2) is 5.78 Å². The van der Waals surface area contributed by atoms with Gasteiger partial charge >= 0.3 is 0 Å². The van der Waals surface area contributed by atoms with E-state index in [2.05, 4.69) is 12.2 Å². The van der Waals surface area contributed by atoms with Crippen LogP contribution in [0, 0.1) is 0 Å². The summed E-state index contributed by atoms with van der Waals surface area (Å²) in [7, 11) is 1.97. The number of carbonyl (C=O) groups excluding carboxylic acids is 2. The Bertz CT molecular complexity index is 546. The maximum Gasteiger partial charge on any atom is 0.223 e. The topological polar surface area (TPSA) is 49.4 Å². The molecule has 25 heavy (non-hydrogen) atoms. The van der Waals surface area contributed by atoms with E-state index in [1.165, 1.54) is 24.8 Å². The van der Waals surface area contributed by atoms with Crippen LogP contribution in [-0.2, 0) is 11.2 Å². The normalized spacial score (nSPS) is 15.4. The quantitative estimate of drug-likeness (QED) is 0.550. The standard InChI is InChI=1S/C21H32N2O2/c1-3-4-5-6-17-7-9-18(10-8-17)20(24)11-12-21(25)23-15-13-19(22-2)14-16-23/h7-10,19,22H,3-6,11-16H2,1-2H3. The molecule has 1 saturated heterocycles. The molecule has 0 bridgehead atoms. The zero-order valence-electron chi connectivity index (χ0n) is 15.7. The minimum atomic E-state index is 0.0681. The third-order valence-electron chi connectivity index (χ3n) is 5.17. The number of nitrogens with zero attached hydrogens (tertiary/aromatic N) is 1. The largest absolute Gasteiger partial charge is 0.343 e. The predicted octanol–water partition coefficient (Wildman–Crippen LogP) is 3.59. The van der Waals surface area contributed by atoms with Gasteiger partial charge in [-0.15, -0.1) is 0 Å². The number of nitrogens with one attached hydrogen (secondary N) is 1. The van der Waals surface area contributed by atoms with Crippen LogP contribution >= 0.6 is 0 Å². The second kappa shape index (κ2) is 10.3. The average Bonchev–Trinajstić information content (AvgIpc) is 2.66. The Morgan fingerprint density at radius 2 is 1.76 bits per heavy atom. The van der Waals surface area contributed by atoms with Crippen molar-refractivity contribution in [2.45, 2.75) is 64.3 Å². The van der Waals surface area contributed by atoms with Crippen molar-refractivity contribution in [1.82, 2.24) is 10.2 Å². The third-order valence-corrected chi connectivity index (χ3v) is 5.17. The molecule has 1 N–H and O–H groups in total. The van der Waals surface area contributed by atoms with E-state index in [4.69, 9.17) is 0 Å². The lowest BCUT2D eigenvalue weighted by Gasteiger charge is -2.31. The van der Waals surface area contributed by atoms with Crippen LogP contribution in [-0.4, -0.2) is 42.8 Å². The molecule has 138 valence electrons. The molecule has 0 aromatic heterocycles. The second-order valence-electron chi connectivity index (χ2n) is 7.02. The van der Waals surface area contributed by atoms with Crippen LogP contribution in [0.3, 0.4) is 0 Å². The van der Waals surface area contributed by atoms with Crippen LogP contribution in [0.1, 0.15) is 67.8 Å². The maximum atomic E-state index is 12.3. The summed E-state index contributed by atoms with van der Waals surface area (Å²) in [5.41, 5.74) is 2.01. The molecule has 1 fully saturated rings. The maximum absolute atomic E-state index is 12.3. The average molecular weight is 344 g/mol. The first kappa shape index (κ1) is 19.6. The molecule has 1 aromatic rings. The number of likely N-dealkylation sites (tertiary alicyclic amines) is 1. The van der Waals surface area contributed by atoms with E-state index in [1.54, 1.807) is 0 Å². The van der Waals surface area contributed by atoms with Crippen molar-refractivity contribution in [2.24, 2.45) is 0 Å². The van der Waals surface area contributed by atoms with E-state index in [-0.39, 0.29) is 11.7 Å². The Kier molecular flexibility index (Phi) is 8.13. The molecule has 1 aliphatic heterocycles. The highest BCUT2D eigenvalue weighted by molar-refractivity contribution is 5.98. The van der Waals surface area contributed by atoms with Crippen molar-refractivity contribution < 1.29 is 9.59 Å². The summed E-state index contributed by atoms with van der Waals surface area (Å²) < 4.78 is 0. The number of ketones is 1. The second-order valence-corrected chi connectivity index (χ2v) is 7.02. The number of amides is 1. The first-order chi connectivity index (χ1) is 12.1. The van der Waals surface area contributed by atoms with Crippen LogP contribution in [0.5, 0.6) is 0 Å². The fraction of sp³-hybridized carbons (Fsp3) is 0.619. The van der Waals surface area contributed by atoms with Crippen LogP contribution in [0.25, 0.3) is 0 Å². The highest BCUT2D eigenvalue weighted by atomic mass is 16.2. The van der Waals surface area contributed by atoms with E-state index in [1.807, 2.05) is 36.2 Å². The summed E-state index contributed by atoms with van der Waals surface area (Å²) in [5, 5.41) is 3.26. The van der Waals surface area contributed by atoms with E-state index >= 15 is 0 Å². The molecule has 0 aliphatic carbocycles. The smallest absolute Gasteiger partial charge is 0.223 e. The monoisotopic (exact) mass is 344 g/mol. The number of rotatable bonds is 9. The lowest BCUT2D eigenvalue weighted by Crippen LogP contribution is -2.44. The van der Waals surface area contributed by atoms with Crippen molar-refractivity contribution in [3.05, 3.63) is 35.4 Å². The number of Topliss-reactive ketones (excluding diaryl/α,β-unsaturated/α-hetero) is 1. The summed E-state index contributed by atoms with van der Waals surface area (Å²) in [6, 6.07) is 8.43. The number of hydrogen-bond acceptors (Lipinski definition) is 3. The molecule has 0 spiro atoms. The molecular formula is C21H32N2O2. The van der Waals surface area contributed by atoms with Crippen molar-refractivity contribution in [1.29, 1.82) is 0 Å². The van der Waals surface area contributed by atoms with Gasteiger partial charge in [-0.2, -0.15) is 0 Å². The molecule has 4 heteroatoms. The Labute approximate surface area is 152 Å². The highest BCUT2D eigenvalue weighted by Gasteiger charge is 2.22. The lowest BCUT2D eigenvalue weighted by molar-refractivity contribution is -0.132. The first-order valence-corrected chi connectivity index (χ1v) is 9.71. The fourth-order valence-electron chi connectivity index (χ4n) is 3.38. The first-order valence-electron chi connectivity index (χ1n) is 9.71. The Balaban J connectivity index is 1.75. The summed E-state index contributed by atoms with van der Waals surface area (Å²) in [6.07, 6.45) is 7.35. The minimum Gasteiger partial charge on any atom is -0.343 e. The highest BCUT2D eigenvalue weighted by Crippen LogP contribution is 2.14. The van der Waals surface area contributed by atoms with Crippen molar-refractivity contribution in [3.63, 3.8) is 0 Å². The van der Waals surface area contributed by atoms with Gasteiger partial charge in [-0.1, -0.05) is 44.0 Å². The van der Waals surface area contributed by atoms with Gasteiger partial charge in [0.2, 0.25) is 5.91 Å². The van der Waals surface area contributed by atoms with Crippen LogP contribution in [0.4, 0.5) is 0 Å². The van der Waals surface area contributed by atoms with Gasteiger partial charge in [0.05, 0.1) is 0 Å². The molecule has 1 aromatic carbocycles. The van der Waals surface area contributed by atoms with Crippen LogP contribution in [0.15, 0.2) is 24.3 Å². The van der Waals surface area contributed by atoms with Crippen molar-refractivity contribution >= 4 is 11.7 Å². The Morgan fingerprint density at radius 1 is 1.08 bits per heavy atom. The molecule has 0 saturated carbocycles. The van der Waals surface area contributed by atoms with E-state index in [0.717, 1.165) is 37.9 Å². The van der Waals surface area contributed by atoms with Gasteiger partial charge in [0.1, 0.15) is 0 Å². The molecule has 0 radical (unpaired) electrons. The Morgan fingerprint density at radius 3 is 2.36 bits per heavy atom. The molecule has 0 unspecified atom stereocenters. The van der Waals surface area contributed by atoms with Crippen LogP contribution < -0.4 is 5.32 Å². The van der Waals surface area contributed by atoms with Gasteiger partial charge in [0.25, 0.3) is 0 Å². The SMILES string of the molecule is CCCCCc1ccc(C(=O)CCC(=O)N2CCC(NC)CC2)cc1. The molecule has 0 atom stereocenters. The molecule has 2 rings (SSSR count). The number of unbranched alkanes of at least 4 members (excludes halogenated alkanes) is 2.